The van der Waals surface area contributed by atoms with Gasteiger partial charge in [-0.25, -0.2) is 0 Å². The molecule has 0 bridgehead atoms. The second kappa shape index (κ2) is 8.29. The van der Waals surface area contributed by atoms with Crippen LogP contribution >= 0.6 is 0 Å². The standard InChI is InChI=1S/C20H26N2O2/c23-20(12-6-13-21-15-20)16-22-14-11-17-7-4-5-10-19(17)24-18-8-2-1-3-9-18/h1-5,7-10,21-23H,6,11-16H2. The summed E-state index contributed by atoms with van der Waals surface area (Å²) < 4.78 is 5.99. The first-order valence-corrected chi connectivity index (χ1v) is 8.70. The van der Waals surface area contributed by atoms with Crippen LogP contribution in [0.1, 0.15) is 18.4 Å². The lowest BCUT2D eigenvalue weighted by Crippen LogP contribution is -2.52. The van der Waals surface area contributed by atoms with Crippen LogP contribution in [0.5, 0.6) is 11.5 Å². The van der Waals surface area contributed by atoms with E-state index in [1.54, 1.807) is 0 Å². The molecule has 2 aromatic carbocycles. The topological polar surface area (TPSA) is 53.5 Å². The van der Waals surface area contributed by atoms with Gasteiger partial charge in [-0.05, 0) is 56.1 Å². The van der Waals surface area contributed by atoms with Crippen LogP contribution in [0.4, 0.5) is 0 Å². The number of β-amino-alcohol motifs (C(OH)–C–C–N with tert-alkyl or cyclic N) is 1. The van der Waals surface area contributed by atoms with Gasteiger partial charge in [-0.1, -0.05) is 36.4 Å². The van der Waals surface area contributed by atoms with Gasteiger partial charge in [-0.15, -0.1) is 0 Å². The average Bonchev–Trinajstić information content (AvgIpc) is 2.62. The first-order chi connectivity index (χ1) is 11.8. The van der Waals surface area contributed by atoms with Gasteiger partial charge < -0.3 is 20.5 Å². The molecular weight excluding hydrogens is 300 g/mol. The molecule has 1 unspecified atom stereocenters. The van der Waals surface area contributed by atoms with Crippen molar-refractivity contribution in [2.45, 2.75) is 24.9 Å². The molecule has 1 atom stereocenters. The van der Waals surface area contributed by atoms with Crippen molar-refractivity contribution in [1.82, 2.24) is 10.6 Å². The minimum Gasteiger partial charge on any atom is -0.457 e. The van der Waals surface area contributed by atoms with E-state index in [1.165, 1.54) is 5.56 Å². The maximum Gasteiger partial charge on any atom is 0.130 e. The smallest absolute Gasteiger partial charge is 0.130 e. The Morgan fingerprint density at radius 2 is 1.88 bits per heavy atom. The molecule has 0 aliphatic carbocycles. The van der Waals surface area contributed by atoms with Gasteiger partial charge in [0.2, 0.25) is 0 Å². The van der Waals surface area contributed by atoms with Gasteiger partial charge in [0.25, 0.3) is 0 Å². The van der Waals surface area contributed by atoms with Gasteiger partial charge in [-0.2, -0.15) is 0 Å². The van der Waals surface area contributed by atoms with Crippen LogP contribution in [0.25, 0.3) is 0 Å². The maximum atomic E-state index is 10.5. The molecule has 24 heavy (non-hydrogen) atoms. The monoisotopic (exact) mass is 326 g/mol. The molecule has 3 rings (SSSR count). The summed E-state index contributed by atoms with van der Waals surface area (Å²) in [7, 11) is 0. The average molecular weight is 326 g/mol. The number of piperidine rings is 1. The van der Waals surface area contributed by atoms with Gasteiger partial charge in [0.15, 0.2) is 0 Å². The highest BCUT2D eigenvalue weighted by atomic mass is 16.5. The predicted molar refractivity (Wildman–Crippen MR) is 96.6 cm³/mol. The number of ether oxygens (including phenoxy) is 1. The SMILES string of the molecule is OC1(CNCCc2ccccc2Oc2ccccc2)CCCNC1. The van der Waals surface area contributed by atoms with Gasteiger partial charge in [0.05, 0.1) is 5.60 Å². The van der Waals surface area contributed by atoms with E-state index in [1.807, 2.05) is 48.5 Å². The fourth-order valence-corrected chi connectivity index (χ4v) is 3.07. The minimum absolute atomic E-state index is 0.613. The summed E-state index contributed by atoms with van der Waals surface area (Å²) in [6, 6.07) is 18.0. The molecule has 0 saturated carbocycles. The molecule has 1 saturated heterocycles. The Kier molecular flexibility index (Phi) is 5.86. The fraction of sp³-hybridized carbons (Fsp3) is 0.400. The van der Waals surface area contributed by atoms with E-state index < -0.39 is 5.60 Å². The second-order valence-corrected chi connectivity index (χ2v) is 6.45. The van der Waals surface area contributed by atoms with Gasteiger partial charge >= 0.3 is 0 Å². The Morgan fingerprint density at radius 1 is 1.08 bits per heavy atom. The summed E-state index contributed by atoms with van der Waals surface area (Å²) in [4.78, 5) is 0. The number of aliphatic hydroxyl groups is 1. The van der Waals surface area contributed by atoms with Crippen molar-refractivity contribution in [3.05, 3.63) is 60.2 Å². The highest BCUT2D eigenvalue weighted by Gasteiger charge is 2.28. The molecule has 1 aliphatic heterocycles. The lowest BCUT2D eigenvalue weighted by atomic mass is 9.94. The van der Waals surface area contributed by atoms with Crippen LogP contribution in [0.15, 0.2) is 54.6 Å². The van der Waals surface area contributed by atoms with E-state index in [2.05, 4.69) is 16.7 Å². The Morgan fingerprint density at radius 3 is 2.67 bits per heavy atom. The summed E-state index contributed by atoms with van der Waals surface area (Å²) >= 11 is 0. The molecule has 4 nitrogen and oxygen atoms in total. The molecule has 3 N–H and O–H groups in total. The predicted octanol–water partition coefficient (Wildman–Crippen LogP) is 2.73. The quantitative estimate of drug-likeness (QED) is 0.685. The largest absolute Gasteiger partial charge is 0.457 e. The zero-order chi connectivity index (χ0) is 16.7. The summed E-state index contributed by atoms with van der Waals surface area (Å²) in [5.41, 5.74) is 0.556. The molecule has 0 amide bonds. The minimum atomic E-state index is -0.613. The maximum absolute atomic E-state index is 10.5. The number of hydrogen-bond donors (Lipinski definition) is 3. The number of benzene rings is 2. The first-order valence-electron chi connectivity index (χ1n) is 8.70. The molecule has 2 aromatic rings. The molecule has 4 heteroatoms. The van der Waals surface area contributed by atoms with Gasteiger partial charge in [0, 0.05) is 13.1 Å². The summed E-state index contributed by atoms with van der Waals surface area (Å²) in [5, 5.41) is 17.1. The van der Waals surface area contributed by atoms with Crippen molar-refractivity contribution in [2.75, 3.05) is 26.2 Å². The molecule has 1 aliphatic rings. The van der Waals surface area contributed by atoms with Crippen LogP contribution in [0.3, 0.4) is 0 Å². The zero-order valence-electron chi connectivity index (χ0n) is 14.0. The Balaban J connectivity index is 1.52. The Bertz CT molecular complexity index is 625. The first kappa shape index (κ1) is 17.0. The molecule has 0 aromatic heterocycles. The van der Waals surface area contributed by atoms with Crippen molar-refractivity contribution in [3.8, 4) is 11.5 Å². The van der Waals surface area contributed by atoms with E-state index in [-0.39, 0.29) is 0 Å². The Hall–Kier alpha value is -1.88. The van der Waals surface area contributed by atoms with Crippen molar-refractivity contribution >= 4 is 0 Å². The van der Waals surface area contributed by atoms with Gasteiger partial charge in [-0.3, -0.25) is 0 Å². The molecular formula is C20H26N2O2. The van der Waals surface area contributed by atoms with Crippen molar-refractivity contribution in [2.24, 2.45) is 0 Å². The summed E-state index contributed by atoms with van der Waals surface area (Å²) in [6.45, 7) is 3.12. The van der Waals surface area contributed by atoms with Crippen LogP contribution in [0.2, 0.25) is 0 Å². The lowest BCUT2D eigenvalue weighted by molar-refractivity contribution is 0.0174. The third kappa shape index (κ3) is 4.81. The number of rotatable bonds is 7. The van der Waals surface area contributed by atoms with Gasteiger partial charge in [0.1, 0.15) is 11.5 Å². The summed E-state index contributed by atoms with van der Waals surface area (Å²) in [5.74, 6) is 1.74. The van der Waals surface area contributed by atoms with Crippen LogP contribution < -0.4 is 15.4 Å². The number of para-hydroxylation sites is 2. The highest BCUT2D eigenvalue weighted by molar-refractivity contribution is 5.37. The van der Waals surface area contributed by atoms with E-state index in [4.69, 9.17) is 4.74 Å². The Labute approximate surface area is 143 Å². The molecule has 1 fully saturated rings. The molecule has 128 valence electrons. The van der Waals surface area contributed by atoms with Crippen LogP contribution in [-0.2, 0) is 6.42 Å². The molecule has 1 heterocycles. The fourth-order valence-electron chi connectivity index (χ4n) is 3.07. The van der Waals surface area contributed by atoms with E-state index >= 15 is 0 Å². The number of nitrogens with one attached hydrogen (secondary N) is 2. The second-order valence-electron chi connectivity index (χ2n) is 6.45. The van der Waals surface area contributed by atoms with E-state index in [0.717, 1.165) is 43.9 Å². The van der Waals surface area contributed by atoms with Crippen molar-refractivity contribution < 1.29 is 9.84 Å². The zero-order valence-corrected chi connectivity index (χ0v) is 14.0. The van der Waals surface area contributed by atoms with Crippen LogP contribution in [0, 0.1) is 0 Å². The van der Waals surface area contributed by atoms with Crippen molar-refractivity contribution in [1.29, 1.82) is 0 Å². The highest BCUT2D eigenvalue weighted by Crippen LogP contribution is 2.25. The van der Waals surface area contributed by atoms with E-state index in [0.29, 0.717) is 13.1 Å². The molecule has 0 radical (unpaired) electrons. The lowest BCUT2D eigenvalue weighted by Gasteiger charge is -2.32. The third-order valence-corrected chi connectivity index (χ3v) is 4.42. The number of hydrogen-bond acceptors (Lipinski definition) is 4. The third-order valence-electron chi connectivity index (χ3n) is 4.42. The molecule has 0 spiro atoms. The van der Waals surface area contributed by atoms with Crippen LogP contribution in [-0.4, -0.2) is 36.9 Å². The van der Waals surface area contributed by atoms with E-state index in [9.17, 15) is 5.11 Å². The summed E-state index contributed by atoms with van der Waals surface area (Å²) in [6.07, 6.45) is 2.76. The van der Waals surface area contributed by atoms with Crippen molar-refractivity contribution in [3.63, 3.8) is 0 Å². The normalized spacial score (nSPS) is 20.7.